The summed E-state index contributed by atoms with van der Waals surface area (Å²) < 4.78 is 5.06. The van der Waals surface area contributed by atoms with Crippen molar-refractivity contribution in [1.82, 2.24) is 0 Å². The molecule has 0 spiro atoms. The lowest BCUT2D eigenvalue weighted by molar-refractivity contribution is -0.116. The van der Waals surface area contributed by atoms with Crippen molar-refractivity contribution in [1.29, 1.82) is 0 Å². The molecule has 0 atom stereocenters. The average Bonchev–Trinajstić information content (AvgIpc) is 2.30. The molecule has 0 radical (unpaired) electrons. The molecule has 1 amide bonds. The molecule has 0 saturated carbocycles. The van der Waals surface area contributed by atoms with E-state index >= 15 is 0 Å². The Kier molecular flexibility index (Phi) is 3.01. The summed E-state index contributed by atoms with van der Waals surface area (Å²) in [5, 5.41) is 2.81. The van der Waals surface area contributed by atoms with E-state index in [4.69, 9.17) is 4.74 Å². The number of methoxy groups -OCH3 is 1. The van der Waals surface area contributed by atoms with Crippen LogP contribution in [0.25, 0.3) is 0 Å². The second kappa shape index (κ2) is 4.45. The number of aldehydes is 1. The Morgan fingerprint density at radius 3 is 2.94 bits per heavy atom. The van der Waals surface area contributed by atoms with Crippen LogP contribution in [-0.4, -0.2) is 19.3 Å². The Balaban J connectivity index is 2.51. The molecule has 0 unspecified atom stereocenters. The summed E-state index contributed by atoms with van der Waals surface area (Å²) in [7, 11) is 1.60. The minimum Gasteiger partial charge on any atom is -0.380 e. The first-order valence-electron chi connectivity index (χ1n) is 5.15. The van der Waals surface area contributed by atoms with E-state index < -0.39 is 0 Å². The Hall–Kier alpha value is -1.68. The Morgan fingerprint density at radius 1 is 1.44 bits per heavy atom. The van der Waals surface area contributed by atoms with Gasteiger partial charge in [-0.3, -0.25) is 9.59 Å². The lowest BCUT2D eigenvalue weighted by Gasteiger charge is -2.21. The van der Waals surface area contributed by atoms with Crippen LogP contribution in [0.4, 0.5) is 5.69 Å². The van der Waals surface area contributed by atoms with E-state index in [1.807, 2.05) is 6.07 Å². The number of ether oxygens (including phenoxy) is 1. The largest absolute Gasteiger partial charge is 0.380 e. The molecular formula is C12H13NO3. The van der Waals surface area contributed by atoms with E-state index in [1.165, 1.54) is 0 Å². The maximum atomic E-state index is 11.3. The summed E-state index contributed by atoms with van der Waals surface area (Å²) in [5.41, 5.74) is 3.23. The highest BCUT2D eigenvalue weighted by Crippen LogP contribution is 2.29. The number of fused-ring (bicyclic) bond motifs is 1. The molecule has 4 heteroatoms. The van der Waals surface area contributed by atoms with Crippen molar-refractivity contribution in [3.05, 3.63) is 28.8 Å². The topological polar surface area (TPSA) is 55.4 Å². The first kappa shape index (κ1) is 10.8. The third-order valence-corrected chi connectivity index (χ3v) is 2.73. The van der Waals surface area contributed by atoms with Crippen LogP contribution in [0.15, 0.2) is 12.1 Å². The van der Waals surface area contributed by atoms with Crippen molar-refractivity contribution in [3.63, 3.8) is 0 Å². The van der Waals surface area contributed by atoms with Gasteiger partial charge in [0.25, 0.3) is 0 Å². The van der Waals surface area contributed by atoms with E-state index in [0.29, 0.717) is 25.0 Å². The van der Waals surface area contributed by atoms with Gasteiger partial charge in [-0.25, -0.2) is 0 Å². The molecule has 1 aliphatic rings. The number of nitrogens with one attached hydrogen (secondary N) is 1. The first-order valence-corrected chi connectivity index (χ1v) is 5.15. The monoisotopic (exact) mass is 219 g/mol. The van der Waals surface area contributed by atoms with E-state index in [9.17, 15) is 9.59 Å². The van der Waals surface area contributed by atoms with E-state index in [1.54, 1.807) is 13.2 Å². The highest BCUT2D eigenvalue weighted by atomic mass is 16.5. The zero-order valence-electron chi connectivity index (χ0n) is 9.08. The van der Waals surface area contributed by atoms with Crippen molar-refractivity contribution >= 4 is 17.9 Å². The number of hydrogen-bond acceptors (Lipinski definition) is 3. The van der Waals surface area contributed by atoms with Gasteiger partial charge in [0.2, 0.25) is 5.91 Å². The zero-order chi connectivity index (χ0) is 11.5. The molecule has 0 fully saturated rings. The van der Waals surface area contributed by atoms with Gasteiger partial charge in [-0.05, 0) is 12.0 Å². The molecule has 4 nitrogen and oxygen atoms in total. The minimum atomic E-state index is -0.00657. The fourth-order valence-corrected chi connectivity index (χ4v) is 1.96. The van der Waals surface area contributed by atoms with Crippen LogP contribution in [0.1, 0.15) is 27.9 Å². The van der Waals surface area contributed by atoms with Crippen molar-refractivity contribution < 1.29 is 14.3 Å². The fourth-order valence-electron chi connectivity index (χ4n) is 1.96. The predicted molar refractivity (Wildman–Crippen MR) is 59.5 cm³/mol. The van der Waals surface area contributed by atoms with E-state index in [2.05, 4.69) is 5.32 Å². The molecular weight excluding hydrogens is 206 g/mol. The number of carbonyl (C=O) groups is 2. The van der Waals surface area contributed by atoms with Crippen LogP contribution in [0.2, 0.25) is 0 Å². The summed E-state index contributed by atoms with van der Waals surface area (Å²) >= 11 is 0. The standard InChI is InChI=1S/C12H13NO3/c1-16-7-9-3-2-8(6-14)10-4-5-11(15)13-12(9)10/h2-3,6H,4-5,7H2,1H3,(H,13,15). The van der Waals surface area contributed by atoms with Gasteiger partial charge in [-0.2, -0.15) is 0 Å². The van der Waals surface area contributed by atoms with Gasteiger partial charge in [0.15, 0.2) is 0 Å². The molecule has 0 bridgehead atoms. The van der Waals surface area contributed by atoms with Crippen LogP contribution in [-0.2, 0) is 22.6 Å². The maximum absolute atomic E-state index is 11.3. The number of benzene rings is 1. The number of amides is 1. The van der Waals surface area contributed by atoms with E-state index in [0.717, 1.165) is 23.1 Å². The van der Waals surface area contributed by atoms with Gasteiger partial charge in [-0.15, -0.1) is 0 Å². The van der Waals surface area contributed by atoms with Gasteiger partial charge in [-0.1, -0.05) is 12.1 Å². The summed E-state index contributed by atoms with van der Waals surface area (Å²) in [6.45, 7) is 0.432. The predicted octanol–water partition coefficient (Wildman–Crippen LogP) is 1.53. The molecule has 0 aromatic heterocycles. The maximum Gasteiger partial charge on any atom is 0.224 e. The Bertz CT molecular complexity index is 440. The molecule has 0 aliphatic carbocycles. The van der Waals surface area contributed by atoms with Crippen molar-refractivity contribution in [2.24, 2.45) is 0 Å². The summed E-state index contributed by atoms with van der Waals surface area (Å²) in [6, 6.07) is 3.59. The molecule has 16 heavy (non-hydrogen) atoms. The van der Waals surface area contributed by atoms with Gasteiger partial charge in [0.05, 0.1) is 12.3 Å². The number of rotatable bonds is 3. The molecule has 1 N–H and O–H groups in total. The quantitative estimate of drug-likeness (QED) is 0.784. The van der Waals surface area contributed by atoms with Gasteiger partial charge >= 0.3 is 0 Å². The summed E-state index contributed by atoms with van der Waals surface area (Å²) in [4.78, 5) is 22.2. The number of carbonyl (C=O) groups excluding carboxylic acids is 2. The molecule has 2 rings (SSSR count). The second-order valence-corrected chi connectivity index (χ2v) is 3.77. The SMILES string of the molecule is COCc1ccc(C=O)c2c1NC(=O)CC2. The minimum absolute atomic E-state index is 0.00657. The van der Waals surface area contributed by atoms with Crippen LogP contribution in [0, 0.1) is 0 Å². The third kappa shape index (κ3) is 1.84. The fraction of sp³-hybridized carbons (Fsp3) is 0.333. The summed E-state index contributed by atoms with van der Waals surface area (Å²) in [5.74, 6) is -0.00657. The third-order valence-electron chi connectivity index (χ3n) is 2.73. The molecule has 1 aromatic rings. The normalized spacial score (nSPS) is 14.2. The summed E-state index contributed by atoms with van der Waals surface area (Å²) in [6.07, 6.45) is 1.88. The molecule has 1 heterocycles. The average molecular weight is 219 g/mol. The van der Waals surface area contributed by atoms with Crippen molar-refractivity contribution in [3.8, 4) is 0 Å². The van der Waals surface area contributed by atoms with Crippen LogP contribution in [0.3, 0.4) is 0 Å². The second-order valence-electron chi connectivity index (χ2n) is 3.77. The molecule has 84 valence electrons. The Morgan fingerprint density at radius 2 is 2.25 bits per heavy atom. The molecule has 1 aliphatic heterocycles. The lowest BCUT2D eigenvalue weighted by Crippen LogP contribution is -2.21. The zero-order valence-corrected chi connectivity index (χ0v) is 9.08. The molecule has 1 aromatic carbocycles. The van der Waals surface area contributed by atoms with Crippen LogP contribution < -0.4 is 5.32 Å². The van der Waals surface area contributed by atoms with Crippen molar-refractivity contribution in [2.75, 3.05) is 12.4 Å². The number of hydrogen-bond donors (Lipinski definition) is 1. The van der Waals surface area contributed by atoms with Crippen LogP contribution >= 0.6 is 0 Å². The van der Waals surface area contributed by atoms with E-state index in [-0.39, 0.29) is 5.91 Å². The van der Waals surface area contributed by atoms with Gasteiger partial charge < -0.3 is 10.1 Å². The van der Waals surface area contributed by atoms with Crippen molar-refractivity contribution in [2.45, 2.75) is 19.4 Å². The van der Waals surface area contributed by atoms with Gasteiger partial charge in [0, 0.05) is 24.7 Å². The van der Waals surface area contributed by atoms with Gasteiger partial charge in [0.1, 0.15) is 6.29 Å². The number of anilines is 1. The smallest absolute Gasteiger partial charge is 0.224 e. The molecule has 0 saturated heterocycles. The highest BCUT2D eigenvalue weighted by Gasteiger charge is 2.20. The highest BCUT2D eigenvalue weighted by molar-refractivity contribution is 5.97. The first-order chi connectivity index (χ1) is 7.76. The Labute approximate surface area is 93.6 Å². The lowest BCUT2D eigenvalue weighted by atomic mass is 9.94. The van der Waals surface area contributed by atoms with Crippen LogP contribution in [0.5, 0.6) is 0 Å².